The highest BCUT2D eigenvalue weighted by Gasteiger charge is 2.38. The minimum atomic E-state index is -0.811. The maximum absolute atomic E-state index is 10.5. The van der Waals surface area contributed by atoms with E-state index in [9.17, 15) is 9.90 Å². The summed E-state index contributed by atoms with van der Waals surface area (Å²) >= 11 is 0. The molecule has 1 aliphatic carbocycles. The zero-order valence-electron chi connectivity index (χ0n) is 11.3. The molecule has 1 fully saturated rings. The molecular formula is C14H26O3. The Morgan fingerprint density at radius 1 is 1.35 bits per heavy atom. The Labute approximate surface area is 104 Å². The average molecular weight is 242 g/mol. The highest BCUT2D eigenvalue weighted by atomic mass is 16.4. The number of hydrogen-bond acceptors (Lipinski definition) is 2. The van der Waals surface area contributed by atoms with Gasteiger partial charge in [0.1, 0.15) is 0 Å². The lowest BCUT2D eigenvalue weighted by Gasteiger charge is -2.42. The standard InChI is InChI=1S/C14H26O3/c1-4-13(2,3)11-5-8-14(17,9-6-11)10-7-12(15)16/h11,17H,4-10H2,1-3H3,(H,15,16). The van der Waals surface area contributed by atoms with Crippen LogP contribution in [0.3, 0.4) is 0 Å². The third kappa shape index (κ3) is 3.98. The molecule has 0 saturated heterocycles. The first-order chi connectivity index (χ1) is 7.79. The van der Waals surface area contributed by atoms with E-state index in [-0.39, 0.29) is 6.42 Å². The second-order valence-electron chi connectivity index (χ2n) is 6.23. The third-order valence-electron chi connectivity index (χ3n) is 4.74. The van der Waals surface area contributed by atoms with Crippen LogP contribution in [-0.2, 0) is 4.79 Å². The van der Waals surface area contributed by atoms with Gasteiger partial charge in [-0.2, -0.15) is 0 Å². The predicted molar refractivity (Wildman–Crippen MR) is 67.8 cm³/mol. The summed E-state index contributed by atoms with van der Waals surface area (Å²) in [5.41, 5.74) is -0.382. The topological polar surface area (TPSA) is 57.5 Å². The Bertz CT molecular complexity index is 263. The lowest BCUT2D eigenvalue weighted by molar-refractivity contribution is -0.139. The monoisotopic (exact) mass is 242 g/mol. The molecule has 2 N–H and O–H groups in total. The number of aliphatic carboxylic acids is 1. The average Bonchev–Trinajstić information content (AvgIpc) is 2.27. The molecule has 17 heavy (non-hydrogen) atoms. The van der Waals surface area contributed by atoms with Gasteiger partial charge in [0, 0.05) is 6.42 Å². The fraction of sp³-hybridized carbons (Fsp3) is 0.929. The van der Waals surface area contributed by atoms with Crippen molar-refractivity contribution in [3.8, 4) is 0 Å². The van der Waals surface area contributed by atoms with Gasteiger partial charge in [0.2, 0.25) is 0 Å². The van der Waals surface area contributed by atoms with E-state index >= 15 is 0 Å². The normalized spacial score (nSPS) is 30.2. The number of carboxylic acids is 1. The van der Waals surface area contributed by atoms with Crippen molar-refractivity contribution >= 4 is 5.97 Å². The zero-order valence-corrected chi connectivity index (χ0v) is 11.3. The van der Waals surface area contributed by atoms with Crippen molar-refractivity contribution in [1.29, 1.82) is 0 Å². The van der Waals surface area contributed by atoms with Gasteiger partial charge < -0.3 is 10.2 Å². The largest absolute Gasteiger partial charge is 0.481 e. The molecule has 0 unspecified atom stereocenters. The van der Waals surface area contributed by atoms with E-state index < -0.39 is 11.6 Å². The van der Waals surface area contributed by atoms with Crippen LogP contribution in [0.15, 0.2) is 0 Å². The molecule has 0 aliphatic heterocycles. The Balaban J connectivity index is 2.47. The van der Waals surface area contributed by atoms with Crippen LogP contribution in [-0.4, -0.2) is 21.8 Å². The van der Waals surface area contributed by atoms with Crippen molar-refractivity contribution in [3.05, 3.63) is 0 Å². The summed E-state index contributed by atoms with van der Waals surface area (Å²) in [6, 6.07) is 0. The summed E-state index contributed by atoms with van der Waals surface area (Å²) in [5, 5.41) is 19.0. The van der Waals surface area contributed by atoms with E-state index in [1.807, 2.05) is 0 Å². The van der Waals surface area contributed by atoms with Crippen molar-refractivity contribution < 1.29 is 15.0 Å². The van der Waals surface area contributed by atoms with Crippen LogP contribution >= 0.6 is 0 Å². The van der Waals surface area contributed by atoms with Crippen LogP contribution in [0, 0.1) is 11.3 Å². The maximum atomic E-state index is 10.5. The molecule has 0 radical (unpaired) electrons. The van der Waals surface area contributed by atoms with Crippen LogP contribution in [0.4, 0.5) is 0 Å². The molecule has 3 heteroatoms. The smallest absolute Gasteiger partial charge is 0.303 e. The molecule has 0 heterocycles. The molecule has 0 bridgehead atoms. The molecular weight excluding hydrogens is 216 g/mol. The van der Waals surface area contributed by atoms with Crippen molar-refractivity contribution in [2.75, 3.05) is 0 Å². The van der Waals surface area contributed by atoms with E-state index in [2.05, 4.69) is 20.8 Å². The maximum Gasteiger partial charge on any atom is 0.303 e. The quantitative estimate of drug-likeness (QED) is 0.778. The number of carbonyl (C=O) groups is 1. The summed E-state index contributed by atoms with van der Waals surface area (Å²) in [6.07, 6.45) is 5.21. The SMILES string of the molecule is CCC(C)(C)C1CCC(O)(CCC(=O)O)CC1. The van der Waals surface area contributed by atoms with Crippen LogP contribution in [0.25, 0.3) is 0 Å². The molecule has 0 aromatic rings. The second-order valence-corrected chi connectivity index (χ2v) is 6.23. The van der Waals surface area contributed by atoms with E-state index in [1.165, 1.54) is 0 Å². The minimum Gasteiger partial charge on any atom is -0.481 e. The van der Waals surface area contributed by atoms with Gasteiger partial charge in [-0.05, 0) is 43.4 Å². The lowest BCUT2D eigenvalue weighted by Crippen LogP contribution is -2.38. The van der Waals surface area contributed by atoms with E-state index in [0.717, 1.165) is 32.1 Å². The number of aliphatic hydroxyl groups is 1. The van der Waals surface area contributed by atoms with Gasteiger partial charge >= 0.3 is 5.97 Å². The number of rotatable bonds is 5. The van der Waals surface area contributed by atoms with Crippen molar-refractivity contribution in [1.82, 2.24) is 0 Å². The van der Waals surface area contributed by atoms with Gasteiger partial charge in [-0.1, -0.05) is 27.2 Å². The van der Waals surface area contributed by atoms with E-state index in [4.69, 9.17) is 5.11 Å². The fourth-order valence-electron chi connectivity index (χ4n) is 2.81. The molecule has 3 nitrogen and oxygen atoms in total. The number of hydrogen-bond donors (Lipinski definition) is 2. The Hall–Kier alpha value is -0.570. The first-order valence-corrected chi connectivity index (χ1v) is 6.73. The summed E-state index contributed by atoms with van der Waals surface area (Å²) in [5.74, 6) is -0.146. The molecule has 100 valence electrons. The first-order valence-electron chi connectivity index (χ1n) is 6.73. The van der Waals surface area contributed by atoms with Crippen LogP contribution in [0.2, 0.25) is 0 Å². The molecule has 0 aromatic carbocycles. The second kappa shape index (κ2) is 5.38. The first kappa shape index (κ1) is 14.5. The van der Waals surface area contributed by atoms with Gasteiger partial charge in [0.15, 0.2) is 0 Å². The highest BCUT2D eigenvalue weighted by molar-refractivity contribution is 5.66. The lowest BCUT2D eigenvalue weighted by atomic mass is 9.66. The van der Waals surface area contributed by atoms with E-state index in [0.29, 0.717) is 17.8 Å². The van der Waals surface area contributed by atoms with Crippen LogP contribution in [0.5, 0.6) is 0 Å². The van der Waals surface area contributed by atoms with Crippen molar-refractivity contribution in [2.45, 2.75) is 71.3 Å². The summed E-state index contributed by atoms with van der Waals surface area (Å²) in [6.45, 7) is 6.80. The zero-order chi connectivity index (χ0) is 13.1. The molecule has 1 rings (SSSR count). The Kier molecular flexibility index (Phi) is 4.59. The van der Waals surface area contributed by atoms with Gasteiger partial charge in [-0.15, -0.1) is 0 Å². The minimum absolute atomic E-state index is 0.0817. The predicted octanol–water partition coefficient (Wildman–Crippen LogP) is 3.21. The van der Waals surface area contributed by atoms with Crippen LogP contribution < -0.4 is 0 Å². The van der Waals surface area contributed by atoms with Crippen molar-refractivity contribution in [3.63, 3.8) is 0 Å². The summed E-state index contributed by atoms with van der Waals surface area (Å²) < 4.78 is 0. The van der Waals surface area contributed by atoms with Gasteiger partial charge in [-0.25, -0.2) is 0 Å². The molecule has 1 saturated carbocycles. The van der Waals surface area contributed by atoms with Gasteiger partial charge in [-0.3, -0.25) is 4.79 Å². The summed E-state index contributed by atoms with van der Waals surface area (Å²) in [7, 11) is 0. The highest BCUT2D eigenvalue weighted by Crippen LogP contribution is 2.44. The van der Waals surface area contributed by atoms with Crippen LogP contribution in [0.1, 0.15) is 65.7 Å². The van der Waals surface area contributed by atoms with E-state index in [1.54, 1.807) is 0 Å². The number of carboxylic acid groups (broad SMARTS) is 1. The molecule has 0 spiro atoms. The molecule has 0 atom stereocenters. The van der Waals surface area contributed by atoms with Gasteiger partial charge in [0.05, 0.1) is 5.60 Å². The van der Waals surface area contributed by atoms with Gasteiger partial charge in [0.25, 0.3) is 0 Å². The molecule has 1 aliphatic rings. The summed E-state index contributed by atoms with van der Waals surface area (Å²) in [4.78, 5) is 10.5. The Morgan fingerprint density at radius 3 is 2.29 bits per heavy atom. The Morgan fingerprint density at radius 2 is 1.88 bits per heavy atom. The molecule has 0 aromatic heterocycles. The fourth-order valence-corrected chi connectivity index (χ4v) is 2.81. The third-order valence-corrected chi connectivity index (χ3v) is 4.74. The molecule has 0 amide bonds. The van der Waals surface area contributed by atoms with Crippen molar-refractivity contribution in [2.24, 2.45) is 11.3 Å².